The molecule has 1 aromatic heterocycles. The summed E-state index contributed by atoms with van der Waals surface area (Å²) in [6.07, 6.45) is 0. The number of rotatable bonds is 2. The molecule has 0 aliphatic rings. The zero-order chi connectivity index (χ0) is 14.8. The van der Waals surface area contributed by atoms with E-state index >= 15 is 0 Å². The standard InChI is InChI=1S/C16H10BrFN2O/c17-12-6-11(7-13(18)8-12)16-19-14(9-15(21)20-16)10-4-2-1-3-5-10/h1-9H,(H,19,20,21). The largest absolute Gasteiger partial charge is 0.306 e. The van der Waals surface area contributed by atoms with E-state index in [0.717, 1.165) is 5.56 Å². The lowest BCUT2D eigenvalue weighted by Gasteiger charge is -2.05. The lowest BCUT2D eigenvalue weighted by Crippen LogP contribution is -2.08. The van der Waals surface area contributed by atoms with E-state index in [1.165, 1.54) is 18.2 Å². The van der Waals surface area contributed by atoms with Crippen LogP contribution in [0.4, 0.5) is 4.39 Å². The average Bonchev–Trinajstić information content (AvgIpc) is 2.46. The molecule has 0 aliphatic carbocycles. The molecule has 1 heterocycles. The highest BCUT2D eigenvalue weighted by molar-refractivity contribution is 9.10. The molecular formula is C16H10BrFN2O. The molecule has 0 saturated heterocycles. The highest BCUT2D eigenvalue weighted by Crippen LogP contribution is 2.23. The topological polar surface area (TPSA) is 45.8 Å². The molecule has 3 aromatic rings. The number of hydrogen-bond acceptors (Lipinski definition) is 2. The Balaban J connectivity index is 2.16. The number of aromatic amines is 1. The highest BCUT2D eigenvalue weighted by Gasteiger charge is 2.08. The first-order chi connectivity index (χ1) is 10.1. The summed E-state index contributed by atoms with van der Waals surface area (Å²) >= 11 is 3.23. The van der Waals surface area contributed by atoms with E-state index in [-0.39, 0.29) is 5.56 Å². The molecule has 0 amide bonds. The molecule has 0 aliphatic heterocycles. The first-order valence-corrected chi connectivity index (χ1v) is 7.04. The fraction of sp³-hybridized carbons (Fsp3) is 0. The van der Waals surface area contributed by atoms with E-state index in [9.17, 15) is 9.18 Å². The van der Waals surface area contributed by atoms with Gasteiger partial charge in [0.25, 0.3) is 5.56 Å². The van der Waals surface area contributed by atoms with Crippen molar-refractivity contribution in [2.45, 2.75) is 0 Å². The second kappa shape index (κ2) is 5.61. The van der Waals surface area contributed by atoms with Crippen molar-refractivity contribution in [2.75, 3.05) is 0 Å². The third kappa shape index (κ3) is 3.08. The Bertz CT molecular complexity index is 826. The lowest BCUT2D eigenvalue weighted by atomic mass is 10.1. The maximum absolute atomic E-state index is 13.5. The molecule has 1 N–H and O–H groups in total. The molecule has 0 radical (unpaired) electrons. The number of halogens is 2. The summed E-state index contributed by atoms with van der Waals surface area (Å²) in [5.74, 6) is -0.0614. The van der Waals surface area contributed by atoms with Crippen molar-refractivity contribution < 1.29 is 4.39 Å². The van der Waals surface area contributed by atoms with Crippen LogP contribution in [0.2, 0.25) is 0 Å². The zero-order valence-corrected chi connectivity index (χ0v) is 12.4. The minimum absolute atomic E-state index is 0.278. The predicted molar refractivity (Wildman–Crippen MR) is 83.4 cm³/mol. The van der Waals surface area contributed by atoms with Gasteiger partial charge in [0.1, 0.15) is 11.6 Å². The minimum atomic E-state index is -0.396. The van der Waals surface area contributed by atoms with Gasteiger partial charge in [0.2, 0.25) is 0 Å². The number of benzene rings is 2. The summed E-state index contributed by atoms with van der Waals surface area (Å²) in [5, 5.41) is 0. The highest BCUT2D eigenvalue weighted by atomic mass is 79.9. The summed E-state index contributed by atoms with van der Waals surface area (Å²) in [5.41, 5.74) is 1.62. The first kappa shape index (κ1) is 13.7. The normalized spacial score (nSPS) is 10.6. The second-order valence-electron chi connectivity index (χ2n) is 4.50. The molecule has 5 heteroatoms. The number of H-pyrrole nitrogens is 1. The van der Waals surface area contributed by atoms with Gasteiger partial charge in [0.05, 0.1) is 5.69 Å². The quantitative estimate of drug-likeness (QED) is 0.763. The summed E-state index contributed by atoms with van der Waals surface area (Å²) in [6, 6.07) is 15.2. The van der Waals surface area contributed by atoms with Gasteiger partial charge in [-0.3, -0.25) is 4.79 Å². The van der Waals surface area contributed by atoms with Crippen LogP contribution in [0.5, 0.6) is 0 Å². The van der Waals surface area contributed by atoms with E-state index < -0.39 is 5.82 Å². The molecular weight excluding hydrogens is 335 g/mol. The summed E-state index contributed by atoms with van der Waals surface area (Å²) in [7, 11) is 0. The van der Waals surface area contributed by atoms with Crippen molar-refractivity contribution in [2.24, 2.45) is 0 Å². The third-order valence-electron chi connectivity index (χ3n) is 2.95. The smallest absolute Gasteiger partial charge is 0.251 e. The minimum Gasteiger partial charge on any atom is -0.306 e. The van der Waals surface area contributed by atoms with E-state index in [4.69, 9.17) is 0 Å². The molecule has 0 spiro atoms. The number of aromatic nitrogens is 2. The maximum Gasteiger partial charge on any atom is 0.251 e. The van der Waals surface area contributed by atoms with Crippen molar-refractivity contribution in [3.8, 4) is 22.6 Å². The average molecular weight is 345 g/mol. The second-order valence-corrected chi connectivity index (χ2v) is 5.42. The van der Waals surface area contributed by atoms with Crippen molar-refractivity contribution in [3.05, 3.63) is 75.2 Å². The SMILES string of the molecule is O=c1cc(-c2ccccc2)nc(-c2cc(F)cc(Br)c2)[nH]1. The van der Waals surface area contributed by atoms with Crippen molar-refractivity contribution in [1.82, 2.24) is 9.97 Å². The van der Waals surface area contributed by atoms with E-state index in [1.54, 1.807) is 6.07 Å². The van der Waals surface area contributed by atoms with Crippen LogP contribution in [-0.4, -0.2) is 9.97 Å². The van der Waals surface area contributed by atoms with Crippen molar-refractivity contribution in [3.63, 3.8) is 0 Å². The van der Waals surface area contributed by atoms with Gasteiger partial charge in [-0.25, -0.2) is 9.37 Å². The van der Waals surface area contributed by atoms with Crippen LogP contribution in [0.15, 0.2) is 63.9 Å². The summed E-state index contributed by atoms with van der Waals surface area (Å²) in [4.78, 5) is 18.9. The van der Waals surface area contributed by atoms with Gasteiger partial charge < -0.3 is 4.98 Å². The molecule has 2 aromatic carbocycles. The number of hydrogen-bond donors (Lipinski definition) is 1. The lowest BCUT2D eigenvalue weighted by molar-refractivity contribution is 0.627. The predicted octanol–water partition coefficient (Wildman–Crippen LogP) is 4.01. The molecule has 0 unspecified atom stereocenters. The van der Waals surface area contributed by atoms with Crippen molar-refractivity contribution >= 4 is 15.9 Å². The molecule has 0 atom stereocenters. The Hall–Kier alpha value is -2.27. The van der Waals surface area contributed by atoms with Crippen LogP contribution in [0, 0.1) is 5.82 Å². The van der Waals surface area contributed by atoms with Gasteiger partial charge in [0.15, 0.2) is 0 Å². The Morgan fingerprint density at radius 1 is 1.00 bits per heavy atom. The zero-order valence-electron chi connectivity index (χ0n) is 10.8. The van der Waals surface area contributed by atoms with Gasteiger partial charge >= 0.3 is 0 Å². The van der Waals surface area contributed by atoms with Gasteiger partial charge in [-0.15, -0.1) is 0 Å². The Labute approximate surface area is 128 Å². The Morgan fingerprint density at radius 2 is 1.76 bits per heavy atom. The monoisotopic (exact) mass is 344 g/mol. The van der Waals surface area contributed by atoms with E-state index in [1.807, 2.05) is 30.3 Å². The van der Waals surface area contributed by atoms with Crippen LogP contribution in [0.1, 0.15) is 0 Å². The molecule has 0 bridgehead atoms. The first-order valence-electron chi connectivity index (χ1n) is 6.25. The van der Waals surface area contributed by atoms with Crippen LogP contribution in [0.3, 0.4) is 0 Å². The molecule has 0 fully saturated rings. The molecule has 21 heavy (non-hydrogen) atoms. The molecule has 0 saturated carbocycles. The van der Waals surface area contributed by atoms with Gasteiger partial charge in [-0.1, -0.05) is 46.3 Å². The summed E-state index contributed by atoms with van der Waals surface area (Å²) < 4.78 is 14.1. The molecule has 104 valence electrons. The third-order valence-corrected chi connectivity index (χ3v) is 3.41. The van der Waals surface area contributed by atoms with Gasteiger partial charge in [-0.05, 0) is 18.2 Å². The van der Waals surface area contributed by atoms with E-state index in [2.05, 4.69) is 25.9 Å². The summed E-state index contributed by atoms with van der Waals surface area (Å²) in [6.45, 7) is 0. The van der Waals surface area contributed by atoms with Crippen LogP contribution in [0.25, 0.3) is 22.6 Å². The van der Waals surface area contributed by atoms with Crippen LogP contribution in [-0.2, 0) is 0 Å². The number of nitrogens with zero attached hydrogens (tertiary/aromatic N) is 1. The fourth-order valence-electron chi connectivity index (χ4n) is 2.04. The van der Waals surface area contributed by atoms with Crippen LogP contribution < -0.4 is 5.56 Å². The van der Waals surface area contributed by atoms with Crippen LogP contribution >= 0.6 is 15.9 Å². The molecule has 3 nitrogen and oxygen atoms in total. The number of nitrogens with one attached hydrogen (secondary N) is 1. The Morgan fingerprint density at radius 3 is 2.48 bits per heavy atom. The Kier molecular flexibility index (Phi) is 3.66. The van der Waals surface area contributed by atoms with Gasteiger partial charge in [-0.2, -0.15) is 0 Å². The fourth-order valence-corrected chi connectivity index (χ4v) is 2.51. The molecule has 3 rings (SSSR count). The van der Waals surface area contributed by atoms with Crippen molar-refractivity contribution in [1.29, 1.82) is 0 Å². The maximum atomic E-state index is 13.5. The van der Waals surface area contributed by atoms with E-state index in [0.29, 0.717) is 21.6 Å². The van der Waals surface area contributed by atoms with Gasteiger partial charge in [0, 0.05) is 21.7 Å².